The summed E-state index contributed by atoms with van der Waals surface area (Å²) in [6, 6.07) is 23.3. The van der Waals surface area contributed by atoms with Gasteiger partial charge in [0.05, 0.1) is 5.69 Å². The van der Waals surface area contributed by atoms with Gasteiger partial charge in [-0.1, -0.05) is 30.3 Å². The Hall–Kier alpha value is -3.46. The zero-order valence-corrected chi connectivity index (χ0v) is 13.9. The van der Waals surface area contributed by atoms with Gasteiger partial charge < -0.3 is 4.98 Å². The molecule has 0 saturated carbocycles. The van der Waals surface area contributed by atoms with Crippen molar-refractivity contribution in [3.63, 3.8) is 0 Å². The maximum atomic E-state index is 13.2. The fraction of sp³-hybridized carbons (Fsp3) is 0. The van der Waals surface area contributed by atoms with E-state index in [1.807, 2.05) is 18.5 Å². The predicted octanol–water partition coefficient (Wildman–Crippen LogP) is 6.19. The summed E-state index contributed by atoms with van der Waals surface area (Å²) < 4.78 is 13.2. The van der Waals surface area contributed by atoms with Gasteiger partial charge in [-0.2, -0.15) is 0 Å². The lowest BCUT2D eigenvalue weighted by molar-refractivity contribution is 0.628. The second-order valence-corrected chi connectivity index (χ2v) is 6.38. The first-order chi connectivity index (χ1) is 12.8. The highest BCUT2D eigenvalue weighted by Crippen LogP contribution is 2.32. The molecular weight excluding hydrogens is 323 g/mol. The van der Waals surface area contributed by atoms with Crippen LogP contribution >= 0.6 is 0 Å². The fourth-order valence-electron chi connectivity index (χ4n) is 3.42. The molecule has 5 rings (SSSR count). The van der Waals surface area contributed by atoms with Crippen molar-refractivity contribution in [2.75, 3.05) is 0 Å². The molecule has 0 radical (unpaired) electrons. The van der Waals surface area contributed by atoms with Crippen LogP contribution in [-0.4, -0.2) is 9.97 Å². The monoisotopic (exact) mass is 338 g/mol. The smallest absolute Gasteiger partial charge is 0.123 e. The van der Waals surface area contributed by atoms with Gasteiger partial charge in [-0.05, 0) is 59.0 Å². The Morgan fingerprint density at radius 1 is 0.692 bits per heavy atom. The molecular formula is C23H15FN2. The summed E-state index contributed by atoms with van der Waals surface area (Å²) in [6.07, 6.45) is 3.79. The number of aromatic nitrogens is 2. The van der Waals surface area contributed by atoms with Crippen LogP contribution in [0.15, 0.2) is 85.2 Å². The second-order valence-electron chi connectivity index (χ2n) is 6.38. The zero-order chi connectivity index (χ0) is 17.5. The van der Waals surface area contributed by atoms with Crippen LogP contribution in [0.5, 0.6) is 0 Å². The lowest BCUT2D eigenvalue weighted by Crippen LogP contribution is -1.87. The predicted molar refractivity (Wildman–Crippen MR) is 104 cm³/mol. The number of halogens is 1. The molecule has 0 unspecified atom stereocenters. The Morgan fingerprint density at radius 3 is 2.38 bits per heavy atom. The first-order valence-electron chi connectivity index (χ1n) is 8.50. The molecule has 2 nitrogen and oxygen atoms in total. The van der Waals surface area contributed by atoms with Crippen LogP contribution in [0, 0.1) is 5.82 Å². The summed E-state index contributed by atoms with van der Waals surface area (Å²) in [5.41, 5.74) is 5.19. The average molecular weight is 338 g/mol. The zero-order valence-electron chi connectivity index (χ0n) is 13.9. The number of rotatable bonds is 2. The largest absolute Gasteiger partial charge is 0.361 e. The van der Waals surface area contributed by atoms with Crippen molar-refractivity contribution in [2.45, 2.75) is 0 Å². The van der Waals surface area contributed by atoms with Crippen molar-refractivity contribution < 1.29 is 4.39 Å². The van der Waals surface area contributed by atoms with E-state index in [1.165, 1.54) is 12.1 Å². The van der Waals surface area contributed by atoms with Crippen LogP contribution in [0.4, 0.5) is 4.39 Å². The van der Waals surface area contributed by atoms with Crippen LogP contribution < -0.4 is 0 Å². The van der Waals surface area contributed by atoms with Gasteiger partial charge in [0.2, 0.25) is 0 Å². The first-order valence-corrected chi connectivity index (χ1v) is 8.50. The quantitative estimate of drug-likeness (QED) is 0.408. The number of nitrogens with zero attached hydrogens (tertiary/aromatic N) is 1. The molecule has 5 aromatic rings. The van der Waals surface area contributed by atoms with E-state index in [2.05, 4.69) is 52.4 Å². The minimum atomic E-state index is -0.225. The number of pyridine rings is 1. The van der Waals surface area contributed by atoms with E-state index >= 15 is 0 Å². The standard InChI is InChI=1S/C23H15FN2/c24-20-6-3-15(4-7-20)17-2-1-16-9-12-26-23(21(16)14-17)19-5-8-22-18(13-19)10-11-25-22/h1-14,25H. The molecule has 0 aliphatic carbocycles. The minimum absolute atomic E-state index is 0.225. The van der Waals surface area contributed by atoms with Crippen LogP contribution in [-0.2, 0) is 0 Å². The lowest BCUT2D eigenvalue weighted by atomic mass is 9.98. The van der Waals surface area contributed by atoms with E-state index in [1.54, 1.807) is 12.1 Å². The van der Waals surface area contributed by atoms with Crippen molar-refractivity contribution in [1.29, 1.82) is 0 Å². The molecule has 2 heterocycles. The molecule has 3 aromatic carbocycles. The van der Waals surface area contributed by atoms with Gasteiger partial charge in [0.1, 0.15) is 5.82 Å². The molecule has 26 heavy (non-hydrogen) atoms. The molecule has 0 atom stereocenters. The highest BCUT2D eigenvalue weighted by Gasteiger charge is 2.08. The van der Waals surface area contributed by atoms with E-state index in [-0.39, 0.29) is 5.82 Å². The molecule has 0 saturated heterocycles. The van der Waals surface area contributed by atoms with Gasteiger partial charge in [0.15, 0.2) is 0 Å². The molecule has 0 bridgehead atoms. The average Bonchev–Trinajstić information content (AvgIpc) is 3.15. The third kappa shape index (κ3) is 2.45. The molecule has 1 N–H and O–H groups in total. The maximum absolute atomic E-state index is 13.2. The number of H-pyrrole nitrogens is 1. The van der Waals surface area contributed by atoms with Crippen molar-refractivity contribution in [3.8, 4) is 22.4 Å². The van der Waals surface area contributed by atoms with Gasteiger partial charge in [-0.15, -0.1) is 0 Å². The topological polar surface area (TPSA) is 28.7 Å². The Kier molecular flexibility index (Phi) is 3.32. The number of fused-ring (bicyclic) bond motifs is 2. The third-order valence-electron chi connectivity index (χ3n) is 4.77. The van der Waals surface area contributed by atoms with Crippen LogP contribution in [0.1, 0.15) is 0 Å². The normalized spacial score (nSPS) is 11.3. The summed E-state index contributed by atoms with van der Waals surface area (Å²) in [4.78, 5) is 7.87. The number of hydrogen-bond acceptors (Lipinski definition) is 1. The number of hydrogen-bond donors (Lipinski definition) is 1. The summed E-state index contributed by atoms with van der Waals surface area (Å²) in [5, 5.41) is 3.38. The molecule has 2 aromatic heterocycles. The van der Waals surface area contributed by atoms with Gasteiger partial charge >= 0.3 is 0 Å². The number of nitrogens with one attached hydrogen (secondary N) is 1. The molecule has 3 heteroatoms. The lowest BCUT2D eigenvalue weighted by Gasteiger charge is -2.09. The highest BCUT2D eigenvalue weighted by molar-refractivity contribution is 5.98. The molecule has 0 aliphatic rings. The SMILES string of the molecule is Fc1ccc(-c2ccc3ccnc(-c4ccc5[nH]ccc5c4)c3c2)cc1. The molecule has 0 aliphatic heterocycles. The number of aromatic amines is 1. The van der Waals surface area contributed by atoms with Crippen LogP contribution in [0.25, 0.3) is 44.1 Å². The van der Waals surface area contributed by atoms with E-state index in [9.17, 15) is 4.39 Å². The summed E-state index contributed by atoms with van der Waals surface area (Å²) in [7, 11) is 0. The van der Waals surface area contributed by atoms with E-state index in [0.29, 0.717) is 0 Å². The second kappa shape index (κ2) is 5.81. The molecule has 0 amide bonds. The fourth-order valence-corrected chi connectivity index (χ4v) is 3.42. The Bertz CT molecular complexity index is 1240. The Labute approximate surface area is 150 Å². The van der Waals surface area contributed by atoms with Crippen LogP contribution in [0.3, 0.4) is 0 Å². The van der Waals surface area contributed by atoms with Gasteiger partial charge in [0.25, 0.3) is 0 Å². The van der Waals surface area contributed by atoms with Crippen molar-refractivity contribution >= 4 is 21.7 Å². The van der Waals surface area contributed by atoms with Crippen molar-refractivity contribution in [2.24, 2.45) is 0 Å². The summed E-state index contributed by atoms with van der Waals surface area (Å²) >= 11 is 0. The van der Waals surface area contributed by atoms with E-state index < -0.39 is 0 Å². The maximum Gasteiger partial charge on any atom is 0.123 e. The van der Waals surface area contributed by atoms with Crippen LogP contribution in [0.2, 0.25) is 0 Å². The van der Waals surface area contributed by atoms with Crippen molar-refractivity contribution in [1.82, 2.24) is 9.97 Å². The highest BCUT2D eigenvalue weighted by atomic mass is 19.1. The Morgan fingerprint density at radius 2 is 1.50 bits per heavy atom. The number of benzene rings is 3. The summed E-state index contributed by atoms with van der Waals surface area (Å²) in [6.45, 7) is 0. The van der Waals surface area contributed by atoms with E-state index in [0.717, 1.165) is 44.1 Å². The molecule has 0 fully saturated rings. The molecule has 0 spiro atoms. The minimum Gasteiger partial charge on any atom is -0.361 e. The first kappa shape index (κ1) is 14.8. The molecule has 124 valence electrons. The van der Waals surface area contributed by atoms with Gasteiger partial charge in [0, 0.05) is 34.2 Å². The van der Waals surface area contributed by atoms with E-state index in [4.69, 9.17) is 0 Å². The third-order valence-corrected chi connectivity index (χ3v) is 4.77. The van der Waals surface area contributed by atoms with Crippen molar-refractivity contribution in [3.05, 3.63) is 91.0 Å². The van der Waals surface area contributed by atoms with Gasteiger partial charge in [-0.25, -0.2) is 4.39 Å². The summed E-state index contributed by atoms with van der Waals surface area (Å²) in [5.74, 6) is -0.225. The Balaban J connectivity index is 1.71. The van der Waals surface area contributed by atoms with Gasteiger partial charge in [-0.3, -0.25) is 4.98 Å².